The molecule has 13 heteroatoms. The number of benzene rings is 1. The Morgan fingerprint density at radius 1 is 1.19 bits per heavy atom. The topological polar surface area (TPSA) is 178 Å². The highest BCUT2D eigenvalue weighted by molar-refractivity contribution is 5.82. The molecule has 1 aromatic carbocycles. The van der Waals surface area contributed by atoms with Gasteiger partial charge in [0.2, 0.25) is 5.91 Å². The van der Waals surface area contributed by atoms with Crippen LogP contribution in [0.1, 0.15) is 63.1 Å². The summed E-state index contributed by atoms with van der Waals surface area (Å²) in [7, 11) is 1.36. The third-order valence-corrected chi connectivity index (χ3v) is 8.00. The average molecular weight is 598 g/mol. The number of aromatic nitrogens is 4. The van der Waals surface area contributed by atoms with E-state index < -0.39 is 17.8 Å². The molecule has 2 aromatic heterocycles. The number of rotatable bonds is 14. The van der Waals surface area contributed by atoms with Crippen LogP contribution in [0.4, 0.5) is 5.82 Å². The molecule has 0 radical (unpaired) electrons. The molecule has 3 atom stereocenters. The number of esters is 1. The van der Waals surface area contributed by atoms with Gasteiger partial charge >= 0.3 is 17.7 Å². The summed E-state index contributed by atoms with van der Waals surface area (Å²) in [5.74, 6) is -0.519. The zero-order valence-electron chi connectivity index (χ0n) is 25.2. The number of aliphatic hydroxyl groups excluding tert-OH is 1. The zero-order valence-corrected chi connectivity index (χ0v) is 25.2. The maximum atomic E-state index is 13.5. The summed E-state index contributed by atoms with van der Waals surface area (Å²) in [4.78, 5) is 51.9. The lowest BCUT2D eigenvalue weighted by Crippen LogP contribution is -2.53. The maximum Gasteiger partial charge on any atom is 0.328 e. The summed E-state index contributed by atoms with van der Waals surface area (Å²) < 4.78 is 11.9. The van der Waals surface area contributed by atoms with E-state index >= 15 is 0 Å². The van der Waals surface area contributed by atoms with Gasteiger partial charge in [-0.3, -0.25) is 19.1 Å². The Labute approximate surface area is 250 Å². The highest BCUT2D eigenvalue weighted by atomic mass is 16.5. The van der Waals surface area contributed by atoms with Crippen LogP contribution in [0.5, 0.6) is 6.01 Å². The molecule has 43 heavy (non-hydrogen) atoms. The smallest absolute Gasteiger partial charge is 0.328 e. The molecule has 1 amide bonds. The largest absolute Gasteiger partial charge is 0.469 e. The number of nitrogen functional groups attached to an aromatic ring is 1. The van der Waals surface area contributed by atoms with Crippen molar-refractivity contribution >= 4 is 28.9 Å². The minimum atomic E-state index is -0.452. The molecule has 1 aliphatic heterocycles. The minimum absolute atomic E-state index is 0.0981. The van der Waals surface area contributed by atoms with Crippen molar-refractivity contribution < 1.29 is 24.2 Å². The van der Waals surface area contributed by atoms with Gasteiger partial charge in [-0.05, 0) is 36.9 Å². The van der Waals surface area contributed by atoms with Crippen molar-refractivity contribution in [3.05, 3.63) is 45.9 Å². The SMILES string of the molecule is CCCCOc1nc(N)c2[nH]c(=O)n(C3CN(C(CCC)C(=O)NCc4ccc(CC(=O)OC)cc4)CCC3CO)c2n1. The Bertz CT molecular complexity index is 1440. The molecule has 13 nitrogen and oxygen atoms in total. The fourth-order valence-corrected chi connectivity index (χ4v) is 5.55. The second-order valence-corrected chi connectivity index (χ2v) is 11.0. The van der Waals surface area contributed by atoms with Gasteiger partial charge in [-0.2, -0.15) is 9.97 Å². The van der Waals surface area contributed by atoms with Crippen LogP contribution in [-0.2, 0) is 27.3 Å². The van der Waals surface area contributed by atoms with Crippen LogP contribution in [0.3, 0.4) is 0 Å². The minimum Gasteiger partial charge on any atom is -0.469 e. The number of methoxy groups -OCH3 is 1. The van der Waals surface area contributed by atoms with Gasteiger partial charge in [0.1, 0.15) is 5.52 Å². The molecule has 5 N–H and O–H groups in total. The third-order valence-electron chi connectivity index (χ3n) is 8.00. The summed E-state index contributed by atoms with van der Waals surface area (Å²) >= 11 is 0. The molecule has 1 saturated heterocycles. The van der Waals surface area contributed by atoms with E-state index in [9.17, 15) is 19.5 Å². The summed E-state index contributed by atoms with van der Waals surface area (Å²) in [5, 5.41) is 13.3. The number of unbranched alkanes of at least 4 members (excludes halogenated alkanes) is 1. The molecule has 0 bridgehead atoms. The van der Waals surface area contributed by atoms with Crippen molar-refractivity contribution in [3.63, 3.8) is 0 Å². The van der Waals surface area contributed by atoms with Crippen LogP contribution >= 0.6 is 0 Å². The molecular weight excluding hydrogens is 554 g/mol. The number of carbonyl (C=O) groups excluding carboxylic acids is 2. The number of ether oxygens (including phenoxy) is 2. The predicted molar refractivity (Wildman–Crippen MR) is 161 cm³/mol. The van der Waals surface area contributed by atoms with Crippen molar-refractivity contribution in [2.45, 2.75) is 71.0 Å². The van der Waals surface area contributed by atoms with Gasteiger partial charge in [-0.25, -0.2) is 4.79 Å². The molecule has 3 heterocycles. The van der Waals surface area contributed by atoms with E-state index in [4.69, 9.17) is 15.2 Å². The van der Waals surface area contributed by atoms with E-state index in [-0.39, 0.29) is 42.7 Å². The molecule has 1 aliphatic rings. The number of fused-ring (bicyclic) bond motifs is 1. The van der Waals surface area contributed by atoms with Gasteiger partial charge in [0.15, 0.2) is 11.5 Å². The second-order valence-electron chi connectivity index (χ2n) is 11.0. The number of nitrogens with one attached hydrogen (secondary N) is 2. The quantitative estimate of drug-likeness (QED) is 0.159. The predicted octanol–water partition coefficient (Wildman–Crippen LogP) is 1.94. The number of carbonyl (C=O) groups is 2. The lowest BCUT2D eigenvalue weighted by molar-refractivity contribution is -0.139. The van der Waals surface area contributed by atoms with Gasteiger partial charge in [-0.1, -0.05) is 51.0 Å². The number of piperidine rings is 1. The van der Waals surface area contributed by atoms with E-state index in [1.165, 1.54) is 11.7 Å². The van der Waals surface area contributed by atoms with Crippen molar-refractivity contribution in [2.75, 3.05) is 39.1 Å². The van der Waals surface area contributed by atoms with Crippen LogP contribution in [-0.4, -0.2) is 80.9 Å². The molecule has 0 aliphatic carbocycles. The number of nitrogens with two attached hydrogens (primary N) is 1. The Morgan fingerprint density at radius 3 is 2.60 bits per heavy atom. The first-order chi connectivity index (χ1) is 20.8. The molecular formula is C30H43N7O6. The summed E-state index contributed by atoms with van der Waals surface area (Å²) in [6.45, 7) is 5.70. The Balaban J connectivity index is 1.53. The van der Waals surface area contributed by atoms with Crippen molar-refractivity contribution in [2.24, 2.45) is 5.92 Å². The monoisotopic (exact) mass is 597 g/mol. The second kappa shape index (κ2) is 15.0. The van der Waals surface area contributed by atoms with E-state index in [0.717, 1.165) is 30.4 Å². The molecule has 0 spiro atoms. The number of hydrogen-bond acceptors (Lipinski definition) is 10. The summed E-state index contributed by atoms with van der Waals surface area (Å²) in [6, 6.07) is 6.69. The fraction of sp³-hybridized carbons (Fsp3) is 0.567. The van der Waals surface area contributed by atoms with Crippen LogP contribution in [0.2, 0.25) is 0 Å². The van der Waals surface area contributed by atoms with E-state index in [1.807, 2.05) is 38.1 Å². The number of anilines is 1. The first kappa shape index (κ1) is 32.0. The van der Waals surface area contributed by atoms with Gasteiger partial charge in [0.05, 0.1) is 32.2 Å². The lowest BCUT2D eigenvalue weighted by atomic mass is 9.90. The highest BCUT2D eigenvalue weighted by Gasteiger charge is 2.37. The lowest BCUT2D eigenvalue weighted by Gasteiger charge is -2.41. The number of nitrogens with zero attached hydrogens (tertiary/aromatic N) is 4. The van der Waals surface area contributed by atoms with Gasteiger partial charge < -0.3 is 30.6 Å². The molecule has 3 aromatic rings. The summed E-state index contributed by atoms with van der Waals surface area (Å²) in [5.41, 5.74) is 8.15. The molecule has 234 valence electrons. The third kappa shape index (κ3) is 7.71. The number of hydrogen-bond donors (Lipinski definition) is 4. The van der Waals surface area contributed by atoms with Crippen molar-refractivity contribution in [1.82, 2.24) is 29.7 Å². The van der Waals surface area contributed by atoms with Gasteiger partial charge in [-0.15, -0.1) is 0 Å². The number of aliphatic hydroxyl groups is 1. The number of likely N-dealkylation sites (tertiary alicyclic amines) is 1. The summed E-state index contributed by atoms with van der Waals surface area (Å²) in [6.07, 6.45) is 3.98. The molecule has 0 saturated carbocycles. The van der Waals surface area contributed by atoms with Crippen LogP contribution < -0.4 is 21.5 Å². The normalized spacial score (nSPS) is 18.0. The van der Waals surface area contributed by atoms with E-state index in [0.29, 0.717) is 50.2 Å². The molecule has 3 unspecified atom stereocenters. The first-order valence-electron chi connectivity index (χ1n) is 15.0. The Kier molecular flexibility index (Phi) is 11.1. The average Bonchev–Trinajstić information content (AvgIpc) is 3.35. The van der Waals surface area contributed by atoms with Crippen LogP contribution in [0.15, 0.2) is 29.1 Å². The Hall–Kier alpha value is -3.97. The maximum absolute atomic E-state index is 13.5. The van der Waals surface area contributed by atoms with E-state index in [1.54, 1.807) is 0 Å². The number of imidazole rings is 1. The fourth-order valence-electron chi connectivity index (χ4n) is 5.55. The van der Waals surface area contributed by atoms with E-state index in [2.05, 4.69) is 25.2 Å². The molecule has 4 rings (SSSR count). The number of aromatic amines is 1. The van der Waals surface area contributed by atoms with Crippen LogP contribution in [0, 0.1) is 5.92 Å². The van der Waals surface area contributed by atoms with Crippen molar-refractivity contribution in [3.8, 4) is 6.01 Å². The zero-order chi connectivity index (χ0) is 30.9. The van der Waals surface area contributed by atoms with Gasteiger partial charge in [0.25, 0.3) is 0 Å². The van der Waals surface area contributed by atoms with Gasteiger partial charge in [0, 0.05) is 25.6 Å². The standard InChI is InChI=1S/C30H43N7O6/c1-4-6-14-43-29-34-26(31)25-27(35-29)37(30(41)33-25)23-17-36(13-12-21(23)18-38)22(7-5-2)28(40)32-16-20-10-8-19(9-11-20)15-24(39)42-3/h8-11,21-23,38H,4-7,12-18H2,1-3H3,(H,32,40)(H,33,41)(H2,31,34,35). The van der Waals surface area contributed by atoms with Crippen LogP contribution in [0.25, 0.3) is 11.2 Å². The van der Waals surface area contributed by atoms with Crippen molar-refractivity contribution in [1.29, 1.82) is 0 Å². The highest BCUT2D eigenvalue weighted by Crippen LogP contribution is 2.32. The number of amides is 1. The molecule has 1 fully saturated rings. The first-order valence-corrected chi connectivity index (χ1v) is 15.0. The number of H-pyrrole nitrogens is 1. The Morgan fingerprint density at radius 2 is 1.93 bits per heavy atom.